The van der Waals surface area contributed by atoms with Crippen LogP contribution in [0, 0.1) is 17.6 Å². The van der Waals surface area contributed by atoms with Crippen molar-refractivity contribution in [2.45, 2.75) is 25.8 Å². The Hall–Kier alpha value is -1.62. The summed E-state index contributed by atoms with van der Waals surface area (Å²) in [5.41, 5.74) is -0.207. The molecule has 1 aliphatic rings. The van der Waals surface area contributed by atoms with Crippen LogP contribution in [-0.4, -0.2) is 44.9 Å². The van der Waals surface area contributed by atoms with Crippen LogP contribution in [0.15, 0.2) is 18.2 Å². The summed E-state index contributed by atoms with van der Waals surface area (Å²) in [6, 6.07) is 2.28. The van der Waals surface area contributed by atoms with Crippen molar-refractivity contribution in [1.82, 2.24) is 9.62 Å². The third-order valence-electron chi connectivity index (χ3n) is 4.24. The van der Waals surface area contributed by atoms with Crippen molar-refractivity contribution in [2.24, 2.45) is 11.1 Å². The van der Waals surface area contributed by atoms with Crippen LogP contribution in [0.5, 0.6) is 0 Å². The Labute approximate surface area is 145 Å². The lowest BCUT2D eigenvalue weighted by molar-refractivity contribution is -0.121. The second-order valence-corrected chi connectivity index (χ2v) is 7.56. The Kier molecular flexibility index (Phi) is 6.44. The van der Waals surface area contributed by atoms with Gasteiger partial charge in [-0.25, -0.2) is 18.6 Å². The number of benzene rings is 1. The average molecular weight is 376 g/mol. The minimum atomic E-state index is -3.75. The van der Waals surface area contributed by atoms with Crippen LogP contribution < -0.4 is 15.2 Å². The number of piperidine rings is 1. The maximum Gasteiger partial charge on any atom is 0.274 e. The minimum absolute atomic E-state index is 0.0215. The Morgan fingerprint density at radius 2 is 2.16 bits per heavy atom. The van der Waals surface area contributed by atoms with E-state index in [4.69, 9.17) is 5.14 Å². The third kappa shape index (κ3) is 5.99. The molecule has 1 fully saturated rings. The molecule has 1 aromatic rings. The standard InChI is InChI=1S/C15H22F2N4O3S/c1-10(15(22)20-14-7-12(16)4-5-13(14)17)21-6-2-3-11(9-21)8-19-25(18,23)24/h4-5,7,10-11,19H,2-3,6,8-9H2,1H3,(H,20,22)(H2,18,23,24)/t10-,11+/m0/s1. The number of halogens is 2. The molecule has 2 atom stereocenters. The van der Waals surface area contributed by atoms with Crippen LogP contribution in [0.1, 0.15) is 19.8 Å². The molecule has 0 saturated carbocycles. The molecule has 140 valence electrons. The molecule has 2 rings (SSSR count). The van der Waals surface area contributed by atoms with Gasteiger partial charge in [-0.05, 0) is 44.4 Å². The number of rotatable bonds is 6. The molecule has 25 heavy (non-hydrogen) atoms. The number of nitrogens with one attached hydrogen (secondary N) is 2. The Morgan fingerprint density at radius 1 is 1.44 bits per heavy atom. The van der Waals surface area contributed by atoms with Crippen molar-refractivity contribution in [3.8, 4) is 0 Å². The van der Waals surface area contributed by atoms with E-state index in [-0.39, 0.29) is 18.2 Å². The average Bonchev–Trinajstić information content (AvgIpc) is 2.55. The monoisotopic (exact) mass is 376 g/mol. The van der Waals surface area contributed by atoms with Crippen LogP contribution in [0.25, 0.3) is 0 Å². The third-order valence-corrected chi connectivity index (χ3v) is 4.81. The lowest BCUT2D eigenvalue weighted by atomic mass is 9.97. The van der Waals surface area contributed by atoms with Gasteiger partial charge in [0.2, 0.25) is 5.91 Å². The normalized spacial score (nSPS) is 20.2. The summed E-state index contributed by atoms with van der Waals surface area (Å²) < 4.78 is 51.1. The van der Waals surface area contributed by atoms with E-state index in [1.165, 1.54) is 0 Å². The van der Waals surface area contributed by atoms with E-state index >= 15 is 0 Å². The van der Waals surface area contributed by atoms with Crippen LogP contribution in [0.4, 0.5) is 14.5 Å². The number of amides is 1. The number of hydrogen-bond acceptors (Lipinski definition) is 4. The number of hydrogen-bond donors (Lipinski definition) is 3. The van der Waals surface area contributed by atoms with Gasteiger partial charge in [-0.15, -0.1) is 0 Å². The van der Waals surface area contributed by atoms with Crippen molar-refractivity contribution in [3.63, 3.8) is 0 Å². The molecule has 1 heterocycles. The molecular formula is C15H22F2N4O3S. The highest BCUT2D eigenvalue weighted by atomic mass is 32.2. The zero-order valence-corrected chi connectivity index (χ0v) is 14.7. The first-order valence-corrected chi connectivity index (χ1v) is 9.47. The van der Waals surface area contributed by atoms with Crippen molar-refractivity contribution in [1.29, 1.82) is 0 Å². The second kappa shape index (κ2) is 8.17. The maximum absolute atomic E-state index is 13.6. The molecular weight excluding hydrogens is 354 g/mol. The molecule has 0 aliphatic carbocycles. The van der Waals surface area contributed by atoms with Gasteiger partial charge in [0.15, 0.2) is 0 Å². The van der Waals surface area contributed by atoms with Gasteiger partial charge in [0.05, 0.1) is 11.7 Å². The molecule has 1 amide bonds. The molecule has 4 N–H and O–H groups in total. The van der Waals surface area contributed by atoms with E-state index in [1.807, 2.05) is 4.90 Å². The van der Waals surface area contributed by atoms with Crippen LogP contribution >= 0.6 is 0 Å². The van der Waals surface area contributed by atoms with Gasteiger partial charge in [0.1, 0.15) is 11.6 Å². The van der Waals surface area contributed by atoms with Gasteiger partial charge in [-0.2, -0.15) is 8.42 Å². The van der Waals surface area contributed by atoms with Gasteiger partial charge < -0.3 is 5.32 Å². The van der Waals surface area contributed by atoms with Crippen molar-refractivity contribution in [2.75, 3.05) is 25.0 Å². The van der Waals surface area contributed by atoms with Gasteiger partial charge >= 0.3 is 0 Å². The fraction of sp³-hybridized carbons (Fsp3) is 0.533. The summed E-state index contributed by atoms with van der Waals surface area (Å²) in [4.78, 5) is 14.2. The molecule has 0 bridgehead atoms. The summed E-state index contributed by atoms with van der Waals surface area (Å²) in [6.07, 6.45) is 1.61. The van der Waals surface area contributed by atoms with Crippen LogP contribution in [0.3, 0.4) is 0 Å². The van der Waals surface area contributed by atoms with Crippen molar-refractivity contribution in [3.05, 3.63) is 29.8 Å². The number of nitrogens with zero attached hydrogens (tertiary/aromatic N) is 1. The van der Waals surface area contributed by atoms with Gasteiger partial charge in [-0.3, -0.25) is 9.69 Å². The molecule has 1 aliphatic heterocycles. The van der Waals surface area contributed by atoms with E-state index in [1.54, 1.807) is 6.92 Å². The highest BCUT2D eigenvalue weighted by molar-refractivity contribution is 7.87. The highest BCUT2D eigenvalue weighted by Gasteiger charge is 2.28. The van der Waals surface area contributed by atoms with Gasteiger partial charge in [-0.1, -0.05) is 0 Å². The van der Waals surface area contributed by atoms with E-state index in [0.29, 0.717) is 13.1 Å². The van der Waals surface area contributed by atoms with E-state index < -0.39 is 33.8 Å². The Bertz CT molecular complexity index is 729. The summed E-state index contributed by atoms with van der Waals surface area (Å²) in [7, 11) is -3.75. The van der Waals surface area contributed by atoms with Crippen LogP contribution in [0.2, 0.25) is 0 Å². The van der Waals surface area contributed by atoms with Gasteiger partial charge in [0.25, 0.3) is 10.2 Å². The number of nitrogens with two attached hydrogens (primary N) is 1. The fourth-order valence-corrected chi connectivity index (χ4v) is 3.31. The quantitative estimate of drug-likeness (QED) is 0.683. The summed E-state index contributed by atoms with van der Waals surface area (Å²) in [6.45, 7) is 3.03. The molecule has 0 spiro atoms. The first-order valence-electron chi connectivity index (χ1n) is 7.93. The Balaban J connectivity index is 1.95. The number of carbonyl (C=O) groups is 1. The topological polar surface area (TPSA) is 105 Å². The number of likely N-dealkylation sites (tertiary alicyclic amines) is 1. The predicted molar refractivity (Wildman–Crippen MR) is 89.9 cm³/mol. The fourth-order valence-electron chi connectivity index (χ4n) is 2.85. The summed E-state index contributed by atoms with van der Waals surface area (Å²) in [5, 5.41) is 7.32. The van der Waals surface area contributed by atoms with E-state index in [9.17, 15) is 22.0 Å². The SMILES string of the molecule is C[C@@H](C(=O)Nc1cc(F)ccc1F)N1CCC[C@H](CNS(N)(=O)=O)C1. The van der Waals surface area contributed by atoms with E-state index in [0.717, 1.165) is 31.0 Å². The first-order chi connectivity index (χ1) is 11.7. The molecule has 0 radical (unpaired) electrons. The maximum atomic E-state index is 13.6. The zero-order valence-electron chi connectivity index (χ0n) is 13.8. The van der Waals surface area contributed by atoms with Crippen molar-refractivity contribution < 1.29 is 22.0 Å². The summed E-state index contributed by atoms with van der Waals surface area (Å²) in [5.74, 6) is -1.79. The largest absolute Gasteiger partial charge is 0.322 e. The van der Waals surface area contributed by atoms with Gasteiger partial charge in [0, 0.05) is 19.2 Å². The van der Waals surface area contributed by atoms with Crippen LogP contribution in [-0.2, 0) is 15.0 Å². The smallest absolute Gasteiger partial charge is 0.274 e. The molecule has 7 nitrogen and oxygen atoms in total. The predicted octanol–water partition coefficient (Wildman–Crippen LogP) is 0.797. The summed E-state index contributed by atoms with van der Waals surface area (Å²) >= 11 is 0. The molecule has 0 aromatic heterocycles. The zero-order chi connectivity index (χ0) is 18.6. The highest BCUT2D eigenvalue weighted by Crippen LogP contribution is 2.20. The molecule has 1 aromatic carbocycles. The molecule has 0 unspecified atom stereocenters. The second-order valence-electron chi connectivity index (χ2n) is 6.19. The van der Waals surface area contributed by atoms with Crippen molar-refractivity contribution >= 4 is 21.8 Å². The minimum Gasteiger partial charge on any atom is -0.322 e. The first kappa shape index (κ1) is 19.7. The lowest BCUT2D eigenvalue weighted by Crippen LogP contribution is -2.49. The molecule has 1 saturated heterocycles. The number of anilines is 1. The lowest BCUT2D eigenvalue weighted by Gasteiger charge is -2.36. The Morgan fingerprint density at radius 3 is 2.84 bits per heavy atom. The van der Waals surface area contributed by atoms with E-state index in [2.05, 4.69) is 10.0 Å². The number of carbonyl (C=O) groups excluding carboxylic acids is 1. The molecule has 10 heteroatoms.